The maximum Gasteiger partial charge on any atom is 0.219 e. The van der Waals surface area contributed by atoms with Crippen LogP contribution in [0.5, 0.6) is 0 Å². The lowest BCUT2D eigenvalue weighted by atomic mass is 9.96. The molecule has 5 aromatic rings. The second-order valence-electron chi connectivity index (χ2n) is 9.73. The molecule has 162 valence electrons. The fourth-order valence-corrected chi connectivity index (χ4v) is 5.73. The summed E-state index contributed by atoms with van der Waals surface area (Å²) in [5, 5.41) is 3.62. The highest BCUT2D eigenvalue weighted by atomic mass is 28.3. The summed E-state index contributed by atoms with van der Waals surface area (Å²) in [6.07, 6.45) is 0. The molecule has 0 radical (unpaired) electrons. The molecule has 0 bridgehead atoms. The molecule has 0 unspecified atom stereocenters. The molecule has 0 atom stereocenters. The zero-order chi connectivity index (χ0) is 22.9. The van der Waals surface area contributed by atoms with Gasteiger partial charge in [-0.05, 0) is 49.2 Å². The first-order valence-corrected chi connectivity index (χ1v) is 14.3. The van der Waals surface area contributed by atoms with Gasteiger partial charge in [-0.2, -0.15) is 4.57 Å². The van der Waals surface area contributed by atoms with Crippen molar-refractivity contribution in [3.63, 3.8) is 0 Å². The molecule has 2 aromatic heterocycles. The van der Waals surface area contributed by atoms with Gasteiger partial charge < -0.3 is 4.42 Å². The molecular weight excluding hydrogens is 420 g/mol. The van der Waals surface area contributed by atoms with Crippen LogP contribution >= 0.6 is 0 Å². The maximum absolute atomic E-state index is 15.5. The quantitative estimate of drug-likeness (QED) is 0.219. The number of nitrogens with zero attached hydrogens (tertiary/aromatic N) is 1. The van der Waals surface area contributed by atoms with Crippen LogP contribution in [-0.2, 0) is 7.05 Å². The van der Waals surface area contributed by atoms with Crippen molar-refractivity contribution in [2.45, 2.75) is 33.5 Å². The smallest absolute Gasteiger partial charge is 0.219 e. The summed E-state index contributed by atoms with van der Waals surface area (Å²) >= 11 is 0. The lowest BCUT2D eigenvalue weighted by molar-refractivity contribution is -0.633. The molecule has 3 aromatic carbocycles. The molecular formula is C27H26F2NOSi+. The minimum absolute atomic E-state index is 0.246. The molecule has 0 amide bonds. The molecule has 0 fully saturated rings. The number of aryl methyl sites for hydroxylation is 2. The molecule has 0 saturated carbocycles. The summed E-state index contributed by atoms with van der Waals surface area (Å²) < 4.78 is 37.5. The molecule has 32 heavy (non-hydrogen) atoms. The summed E-state index contributed by atoms with van der Waals surface area (Å²) in [4.78, 5) is 0. The Morgan fingerprint density at radius 2 is 1.59 bits per heavy atom. The van der Waals surface area contributed by atoms with Crippen molar-refractivity contribution in [1.82, 2.24) is 0 Å². The molecule has 0 saturated heterocycles. The third-order valence-corrected chi connectivity index (χ3v) is 8.65. The minimum atomic E-state index is -1.57. The zero-order valence-electron chi connectivity index (χ0n) is 19.2. The van der Waals surface area contributed by atoms with Gasteiger partial charge in [-0.1, -0.05) is 30.9 Å². The van der Waals surface area contributed by atoms with E-state index in [1.165, 1.54) is 17.3 Å². The Morgan fingerprint density at radius 1 is 0.844 bits per heavy atom. The van der Waals surface area contributed by atoms with Crippen molar-refractivity contribution in [2.75, 3.05) is 0 Å². The van der Waals surface area contributed by atoms with Crippen LogP contribution < -0.4 is 9.75 Å². The van der Waals surface area contributed by atoms with Crippen LogP contribution in [0.15, 0.2) is 52.9 Å². The Kier molecular flexibility index (Phi) is 4.54. The van der Waals surface area contributed by atoms with Gasteiger partial charge >= 0.3 is 0 Å². The first kappa shape index (κ1) is 20.8. The van der Waals surface area contributed by atoms with E-state index in [1.54, 1.807) is 12.1 Å². The second-order valence-corrected chi connectivity index (χ2v) is 14.8. The van der Waals surface area contributed by atoms with Crippen LogP contribution in [0.2, 0.25) is 19.6 Å². The number of benzene rings is 3. The fourth-order valence-electron chi connectivity index (χ4n) is 4.57. The van der Waals surface area contributed by atoms with E-state index in [2.05, 4.69) is 31.8 Å². The van der Waals surface area contributed by atoms with E-state index in [0.29, 0.717) is 16.6 Å². The second kappa shape index (κ2) is 6.97. The summed E-state index contributed by atoms with van der Waals surface area (Å²) in [6, 6.07) is 14.4. The highest BCUT2D eigenvalue weighted by molar-refractivity contribution is 6.88. The number of rotatable bonds is 2. The van der Waals surface area contributed by atoms with Crippen molar-refractivity contribution < 1.29 is 17.8 Å². The zero-order valence-corrected chi connectivity index (χ0v) is 20.2. The standard InChI is InChI=1S/C27H26F2NOSi/c1-15-11-20-19-9-7-17(28)12-25(19)31-27(20)26(16(15)2)24-14-22(29)21-13-18(32(4,5)6)8-10-23(21)30(24)3/h7-14H,1-6H3/q+1. The number of halogens is 2. The fraction of sp³-hybridized carbons (Fsp3) is 0.222. The molecule has 5 rings (SSSR count). The molecule has 0 N–H and O–H groups in total. The number of aromatic nitrogens is 1. The minimum Gasteiger partial charge on any atom is -0.455 e. The number of fused-ring (bicyclic) bond motifs is 4. The predicted molar refractivity (Wildman–Crippen MR) is 130 cm³/mol. The van der Waals surface area contributed by atoms with E-state index >= 15 is 4.39 Å². The average molecular weight is 447 g/mol. The SMILES string of the molecule is Cc1cc2c(oc3cc(F)ccc32)c(-c2cc(F)c3cc([Si](C)(C)C)ccc3[n+]2C)c1C. The molecule has 5 heteroatoms. The first-order valence-electron chi connectivity index (χ1n) is 10.8. The van der Waals surface area contributed by atoms with Gasteiger partial charge in [0.15, 0.2) is 0 Å². The maximum atomic E-state index is 15.5. The molecule has 2 nitrogen and oxygen atoms in total. The Hall–Kier alpha value is -3.05. The van der Waals surface area contributed by atoms with E-state index in [1.807, 2.05) is 37.6 Å². The van der Waals surface area contributed by atoms with E-state index in [4.69, 9.17) is 4.42 Å². The Morgan fingerprint density at radius 3 is 2.31 bits per heavy atom. The Labute approximate surface area is 187 Å². The summed E-state index contributed by atoms with van der Waals surface area (Å²) in [6.45, 7) is 10.8. The third kappa shape index (κ3) is 3.06. The van der Waals surface area contributed by atoms with Crippen molar-refractivity contribution in [3.05, 3.63) is 71.3 Å². The monoisotopic (exact) mass is 446 g/mol. The summed E-state index contributed by atoms with van der Waals surface area (Å²) in [5.41, 5.74) is 5.66. The first-order chi connectivity index (χ1) is 15.1. The van der Waals surface area contributed by atoms with Gasteiger partial charge in [0.1, 0.15) is 29.8 Å². The van der Waals surface area contributed by atoms with Gasteiger partial charge in [0, 0.05) is 29.0 Å². The van der Waals surface area contributed by atoms with E-state index in [0.717, 1.165) is 38.7 Å². The van der Waals surface area contributed by atoms with Gasteiger partial charge in [-0.15, -0.1) is 0 Å². The summed E-state index contributed by atoms with van der Waals surface area (Å²) in [7, 11) is 0.393. The van der Waals surface area contributed by atoms with Gasteiger partial charge in [0.05, 0.1) is 19.0 Å². The van der Waals surface area contributed by atoms with Crippen LogP contribution in [-0.4, -0.2) is 8.07 Å². The molecule has 0 aliphatic carbocycles. The average Bonchev–Trinajstić information content (AvgIpc) is 3.07. The van der Waals surface area contributed by atoms with Gasteiger partial charge in [0.2, 0.25) is 11.2 Å². The summed E-state index contributed by atoms with van der Waals surface area (Å²) in [5.74, 6) is -0.587. The lowest BCUT2D eigenvalue weighted by Crippen LogP contribution is -2.39. The van der Waals surface area contributed by atoms with E-state index in [-0.39, 0.29) is 11.6 Å². The van der Waals surface area contributed by atoms with Crippen molar-refractivity contribution in [3.8, 4) is 11.3 Å². The molecule has 0 aliphatic rings. The van der Waals surface area contributed by atoms with Crippen molar-refractivity contribution >= 4 is 46.1 Å². The van der Waals surface area contributed by atoms with Crippen LogP contribution in [0.4, 0.5) is 8.78 Å². The van der Waals surface area contributed by atoms with Crippen molar-refractivity contribution in [1.29, 1.82) is 0 Å². The van der Waals surface area contributed by atoms with Gasteiger partial charge in [-0.3, -0.25) is 0 Å². The Balaban J connectivity index is 1.87. The van der Waals surface area contributed by atoms with Gasteiger partial charge in [-0.25, -0.2) is 8.78 Å². The largest absolute Gasteiger partial charge is 0.455 e. The van der Waals surface area contributed by atoms with E-state index in [9.17, 15) is 4.39 Å². The number of furan rings is 1. The van der Waals surface area contributed by atoms with Crippen LogP contribution in [0, 0.1) is 25.5 Å². The number of pyridine rings is 1. The lowest BCUT2D eigenvalue weighted by Gasteiger charge is -2.17. The van der Waals surface area contributed by atoms with Gasteiger partial charge in [0.25, 0.3) is 0 Å². The molecule has 0 spiro atoms. The number of hydrogen-bond donors (Lipinski definition) is 0. The highest BCUT2D eigenvalue weighted by Crippen LogP contribution is 2.39. The molecule has 0 aliphatic heterocycles. The topological polar surface area (TPSA) is 17.0 Å². The normalized spacial score (nSPS) is 12.4. The van der Waals surface area contributed by atoms with E-state index < -0.39 is 8.07 Å². The molecule has 2 heterocycles. The van der Waals surface area contributed by atoms with Crippen molar-refractivity contribution in [2.24, 2.45) is 7.05 Å². The highest BCUT2D eigenvalue weighted by Gasteiger charge is 2.26. The number of hydrogen-bond acceptors (Lipinski definition) is 1. The van der Waals surface area contributed by atoms with Crippen LogP contribution in [0.3, 0.4) is 0 Å². The predicted octanol–water partition coefficient (Wildman–Crippen LogP) is 6.67. The third-order valence-electron chi connectivity index (χ3n) is 6.61. The van der Waals surface area contributed by atoms with Crippen LogP contribution in [0.25, 0.3) is 44.1 Å². The van der Waals surface area contributed by atoms with Crippen LogP contribution in [0.1, 0.15) is 11.1 Å². The Bertz CT molecular complexity index is 1560.